The van der Waals surface area contributed by atoms with Crippen molar-refractivity contribution >= 4 is 34.0 Å². The highest BCUT2D eigenvalue weighted by Crippen LogP contribution is 2.36. The molecular formula is C22H25BrFN3O4. The van der Waals surface area contributed by atoms with Gasteiger partial charge in [-0.2, -0.15) is 5.10 Å². The van der Waals surface area contributed by atoms with Crippen LogP contribution in [0.15, 0.2) is 46.0 Å². The molecule has 2 aromatic carbocycles. The summed E-state index contributed by atoms with van der Waals surface area (Å²) in [5.74, 6) is -1.00. The maximum absolute atomic E-state index is 13.8. The Bertz CT molecular complexity index is 966. The average Bonchev–Trinajstić information content (AvgIpc) is 2.72. The van der Waals surface area contributed by atoms with Crippen molar-refractivity contribution in [3.05, 3.63) is 57.8 Å². The van der Waals surface area contributed by atoms with Gasteiger partial charge in [-0.3, -0.25) is 9.59 Å². The van der Waals surface area contributed by atoms with Crippen LogP contribution in [0.4, 0.5) is 4.39 Å². The highest BCUT2D eigenvalue weighted by atomic mass is 79.9. The van der Waals surface area contributed by atoms with Gasteiger partial charge in [0.05, 0.1) is 30.0 Å². The smallest absolute Gasteiger partial charge is 0.262 e. The van der Waals surface area contributed by atoms with Gasteiger partial charge in [-0.15, -0.1) is 0 Å². The summed E-state index contributed by atoms with van der Waals surface area (Å²) in [6.45, 7) is 5.85. The number of nitrogens with zero attached hydrogens (tertiary/aromatic N) is 1. The molecule has 166 valence electrons. The number of hydrazone groups is 1. The number of ether oxygens (including phenoxy) is 2. The molecule has 0 aliphatic rings. The second kappa shape index (κ2) is 11.5. The van der Waals surface area contributed by atoms with Crippen LogP contribution in [0, 0.1) is 11.7 Å². The average molecular weight is 494 g/mol. The third kappa shape index (κ3) is 6.52. The van der Waals surface area contributed by atoms with Crippen LogP contribution >= 0.6 is 15.9 Å². The van der Waals surface area contributed by atoms with Gasteiger partial charge >= 0.3 is 0 Å². The molecule has 7 nitrogen and oxygen atoms in total. The Morgan fingerprint density at radius 1 is 1.26 bits per heavy atom. The third-order valence-corrected chi connectivity index (χ3v) is 4.87. The Hall–Kier alpha value is -2.94. The zero-order chi connectivity index (χ0) is 23.0. The van der Waals surface area contributed by atoms with E-state index in [1.165, 1.54) is 31.5 Å². The lowest BCUT2D eigenvalue weighted by molar-refractivity contribution is -0.123. The summed E-state index contributed by atoms with van der Waals surface area (Å²) in [4.78, 5) is 25.0. The first-order valence-electron chi connectivity index (χ1n) is 9.67. The first kappa shape index (κ1) is 24.3. The Labute approximate surface area is 189 Å². The van der Waals surface area contributed by atoms with E-state index in [1.807, 2.05) is 6.92 Å². The highest BCUT2D eigenvalue weighted by molar-refractivity contribution is 9.10. The van der Waals surface area contributed by atoms with Crippen LogP contribution in [0.2, 0.25) is 0 Å². The molecule has 2 N–H and O–H groups in total. The van der Waals surface area contributed by atoms with E-state index in [-0.39, 0.29) is 11.5 Å². The van der Waals surface area contributed by atoms with E-state index in [4.69, 9.17) is 9.47 Å². The standard InChI is InChI=1S/C22H25BrFN3O4/c1-5-31-18-11-14(10-16(23)20(18)30-4)12-25-27-22(29)19(13(2)3)26-21(28)15-8-6-7-9-17(15)24/h6-13,19H,5H2,1-4H3,(H,26,28)(H,27,29). The van der Waals surface area contributed by atoms with Crippen LogP contribution in [-0.4, -0.2) is 37.8 Å². The lowest BCUT2D eigenvalue weighted by Crippen LogP contribution is -2.48. The summed E-state index contributed by atoms with van der Waals surface area (Å²) in [6, 6.07) is 8.17. The fourth-order valence-electron chi connectivity index (χ4n) is 2.76. The summed E-state index contributed by atoms with van der Waals surface area (Å²) in [5, 5.41) is 6.54. The second-order valence-corrected chi connectivity index (χ2v) is 7.73. The van der Waals surface area contributed by atoms with Crippen molar-refractivity contribution < 1.29 is 23.5 Å². The topological polar surface area (TPSA) is 89.0 Å². The number of nitrogens with one attached hydrogen (secondary N) is 2. The summed E-state index contributed by atoms with van der Waals surface area (Å²) < 4.78 is 25.4. The van der Waals surface area contributed by atoms with Gasteiger partial charge in [0, 0.05) is 0 Å². The van der Waals surface area contributed by atoms with E-state index in [1.54, 1.807) is 32.0 Å². The van der Waals surface area contributed by atoms with Crippen LogP contribution < -0.4 is 20.2 Å². The van der Waals surface area contributed by atoms with E-state index in [2.05, 4.69) is 31.8 Å². The number of carbonyl (C=O) groups excluding carboxylic acids is 2. The normalized spacial score (nSPS) is 12.0. The van der Waals surface area contributed by atoms with Gasteiger partial charge < -0.3 is 14.8 Å². The molecule has 1 unspecified atom stereocenters. The molecule has 0 radical (unpaired) electrons. The highest BCUT2D eigenvalue weighted by Gasteiger charge is 2.25. The molecule has 0 saturated heterocycles. The van der Waals surface area contributed by atoms with E-state index in [0.717, 1.165) is 0 Å². The fraction of sp³-hybridized carbons (Fsp3) is 0.318. The lowest BCUT2D eigenvalue weighted by Gasteiger charge is -2.20. The van der Waals surface area contributed by atoms with E-state index in [9.17, 15) is 14.0 Å². The number of benzene rings is 2. The SMILES string of the molecule is CCOc1cc(C=NNC(=O)C(NC(=O)c2ccccc2F)C(C)C)cc(Br)c1OC. The van der Waals surface area contributed by atoms with Gasteiger partial charge in [-0.25, -0.2) is 9.82 Å². The number of rotatable bonds is 9. The van der Waals surface area contributed by atoms with Crippen molar-refractivity contribution in [3.8, 4) is 11.5 Å². The summed E-state index contributed by atoms with van der Waals surface area (Å²) >= 11 is 3.41. The minimum atomic E-state index is -0.897. The Morgan fingerprint density at radius 3 is 2.58 bits per heavy atom. The predicted molar refractivity (Wildman–Crippen MR) is 120 cm³/mol. The number of amides is 2. The van der Waals surface area contributed by atoms with Crippen LogP contribution in [0.3, 0.4) is 0 Å². The van der Waals surface area contributed by atoms with Gasteiger partial charge in [0.2, 0.25) is 0 Å². The predicted octanol–water partition coefficient (Wildman–Crippen LogP) is 3.90. The molecule has 0 aliphatic heterocycles. The minimum Gasteiger partial charge on any atom is -0.492 e. The quantitative estimate of drug-likeness (QED) is 0.409. The number of methoxy groups -OCH3 is 1. The first-order valence-corrected chi connectivity index (χ1v) is 10.5. The van der Waals surface area contributed by atoms with Gasteiger partial charge in [0.15, 0.2) is 11.5 Å². The van der Waals surface area contributed by atoms with Crippen molar-refractivity contribution in [2.24, 2.45) is 11.0 Å². The van der Waals surface area contributed by atoms with Crippen LogP contribution in [0.1, 0.15) is 36.7 Å². The van der Waals surface area contributed by atoms with E-state index >= 15 is 0 Å². The molecule has 9 heteroatoms. The molecule has 2 rings (SSSR count). The van der Waals surface area contributed by atoms with Crippen LogP contribution in [-0.2, 0) is 4.79 Å². The first-order chi connectivity index (χ1) is 14.8. The van der Waals surface area contributed by atoms with Crippen molar-refractivity contribution in [1.82, 2.24) is 10.7 Å². The summed E-state index contributed by atoms with van der Waals surface area (Å²) in [5.41, 5.74) is 2.95. The van der Waals surface area contributed by atoms with Crippen molar-refractivity contribution in [2.45, 2.75) is 26.8 Å². The van der Waals surface area contributed by atoms with Crippen LogP contribution in [0.25, 0.3) is 0 Å². The molecule has 1 atom stereocenters. The van der Waals surface area contributed by atoms with Gasteiger partial charge in [-0.05, 0) is 58.6 Å². The molecule has 0 spiro atoms. The number of hydrogen-bond donors (Lipinski definition) is 2. The second-order valence-electron chi connectivity index (χ2n) is 6.88. The van der Waals surface area contributed by atoms with E-state index < -0.39 is 23.7 Å². The van der Waals surface area contributed by atoms with Crippen molar-refractivity contribution in [2.75, 3.05) is 13.7 Å². The van der Waals surface area contributed by atoms with E-state index in [0.29, 0.717) is 28.1 Å². The number of hydrogen-bond acceptors (Lipinski definition) is 5. The molecule has 2 amide bonds. The molecule has 31 heavy (non-hydrogen) atoms. The fourth-order valence-corrected chi connectivity index (χ4v) is 3.38. The molecule has 0 bridgehead atoms. The Morgan fingerprint density at radius 2 is 1.97 bits per heavy atom. The molecule has 0 heterocycles. The molecule has 0 fully saturated rings. The summed E-state index contributed by atoms with van der Waals surface area (Å²) in [7, 11) is 1.54. The Balaban J connectivity index is 2.10. The summed E-state index contributed by atoms with van der Waals surface area (Å²) in [6.07, 6.45) is 1.45. The molecular weight excluding hydrogens is 469 g/mol. The third-order valence-electron chi connectivity index (χ3n) is 4.28. The van der Waals surface area contributed by atoms with Gasteiger partial charge in [-0.1, -0.05) is 26.0 Å². The Kier molecular flexibility index (Phi) is 8.99. The minimum absolute atomic E-state index is 0.129. The molecule has 2 aromatic rings. The van der Waals surface area contributed by atoms with Crippen molar-refractivity contribution in [3.63, 3.8) is 0 Å². The molecule has 0 saturated carbocycles. The number of halogens is 2. The molecule has 0 aliphatic carbocycles. The lowest BCUT2D eigenvalue weighted by atomic mass is 10.0. The largest absolute Gasteiger partial charge is 0.492 e. The van der Waals surface area contributed by atoms with Gasteiger partial charge in [0.25, 0.3) is 11.8 Å². The zero-order valence-corrected chi connectivity index (χ0v) is 19.3. The van der Waals surface area contributed by atoms with Gasteiger partial charge in [0.1, 0.15) is 11.9 Å². The van der Waals surface area contributed by atoms with Crippen molar-refractivity contribution in [1.29, 1.82) is 0 Å². The maximum atomic E-state index is 13.8. The zero-order valence-electron chi connectivity index (χ0n) is 17.7. The molecule has 0 aromatic heterocycles. The maximum Gasteiger partial charge on any atom is 0.262 e. The monoisotopic (exact) mass is 493 g/mol. The van der Waals surface area contributed by atoms with Crippen LogP contribution in [0.5, 0.6) is 11.5 Å². The number of carbonyl (C=O) groups is 2.